The smallest absolute Gasteiger partial charge is 0.0994 e. The minimum atomic E-state index is -0.985. The fourth-order valence-corrected chi connectivity index (χ4v) is 4.80. The van der Waals surface area contributed by atoms with E-state index >= 15 is 0 Å². The molecule has 3 heterocycles. The van der Waals surface area contributed by atoms with Crippen LogP contribution in [0, 0.1) is 18.3 Å². The number of aryl methyl sites for hydroxylation is 1. The average molecular weight is 414 g/mol. The minimum Gasteiger partial charge on any atom is -0.396 e. The van der Waals surface area contributed by atoms with Crippen molar-refractivity contribution in [3.05, 3.63) is 46.9 Å². The van der Waals surface area contributed by atoms with Gasteiger partial charge in [-0.2, -0.15) is 5.26 Å². The maximum absolute atomic E-state index is 11.9. The predicted molar refractivity (Wildman–Crippen MR) is 113 cm³/mol. The Hall–Kier alpha value is -2.40. The van der Waals surface area contributed by atoms with Crippen LogP contribution in [0.2, 0.25) is 5.02 Å². The average Bonchev–Trinajstić information content (AvgIpc) is 3.28. The Morgan fingerprint density at radius 1 is 1.36 bits per heavy atom. The molecule has 2 N–H and O–H groups in total. The summed E-state index contributed by atoms with van der Waals surface area (Å²) in [6.07, 6.45) is 7.90. The Bertz CT molecular complexity index is 1150. The fourth-order valence-electron chi connectivity index (χ4n) is 3.86. The number of anilines is 1. The van der Waals surface area contributed by atoms with E-state index in [1.807, 2.05) is 23.4 Å². The minimum absolute atomic E-state index is 0.195. The first kappa shape index (κ1) is 18.9. The molecule has 6 nitrogen and oxygen atoms in total. The lowest BCUT2D eigenvalue weighted by Crippen LogP contribution is -2.22. The van der Waals surface area contributed by atoms with E-state index in [2.05, 4.69) is 21.8 Å². The van der Waals surface area contributed by atoms with E-state index in [0.29, 0.717) is 22.8 Å². The molecule has 3 aromatic rings. The van der Waals surface area contributed by atoms with Gasteiger partial charge in [-0.05, 0) is 31.0 Å². The van der Waals surface area contributed by atoms with Gasteiger partial charge in [0.05, 0.1) is 39.5 Å². The summed E-state index contributed by atoms with van der Waals surface area (Å²) < 4.78 is 16.1. The molecule has 144 valence electrons. The van der Waals surface area contributed by atoms with Crippen LogP contribution in [-0.2, 0) is 11.0 Å². The number of halogens is 1. The van der Waals surface area contributed by atoms with Gasteiger partial charge in [0.2, 0.25) is 0 Å². The lowest BCUT2D eigenvalue weighted by Gasteiger charge is -2.15. The van der Waals surface area contributed by atoms with Crippen molar-refractivity contribution in [3.8, 4) is 17.2 Å². The SMILES string of the molecule is Cc1cc2c(cc1C#N)c(-c1cncc(N)c1Cl)cn2C1CCN(S(C)=O)C1. The normalized spacial score (nSPS) is 18.4. The number of nitrogens with two attached hydrogens (primary N) is 1. The Morgan fingerprint density at radius 2 is 2.14 bits per heavy atom. The molecular formula is C20H20ClN5OS. The van der Waals surface area contributed by atoms with Crippen molar-refractivity contribution in [2.45, 2.75) is 19.4 Å². The second-order valence-electron chi connectivity index (χ2n) is 7.09. The third kappa shape index (κ3) is 3.08. The van der Waals surface area contributed by atoms with Crippen LogP contribution >= 0.6 is 11.6 Å². The van der Waals surface area contributed by atoms with E-state index in [0.717, 1.165) is 40.6 Å². The molecule has 1 aliphatic heterocycles. The van der Waals surface area contributed by atoms with E-state index < -0.39 is 11.0 Å². The number of hydrogen-bond donors (Lipinski definition) is 1. The largest absolute Gasteiger partial charge is 0.396 e. The molecule has 0 amide bonds. The molecule has 28 heavy (non-hydrogen) atoms. The molecule has 2 unspecified atom stereocenters. The maximum atomic E-state index is 11.9. The highest BCUT2D eigenvalue weighted by molar-refractivity contribution is 7.81. The van der Waals surface area contributed by atoms with Crippen molar-refractivity contribution in [1.29, 1.82) is 5.26 Å². The molecule has 0 radical (unpaired) electrons. The predicted octanol–water partition coefficient (Wildman–Crippen LogP) is 3.66. The van der Waals surface area contributed by atoms with Gasteiger partial charge in [-0.1, -0.05) is 11.6 Å². The molecule has 1 fully saturated rings. The van der Waals surface area contributed by atoms with Crippen LogP contribution in [0.1, 0.15) is 23.6 Å². The third-order valence-corrected chi connectivity index (χ3v) is 6.86. The molecule has 4 rings (SSSR count). The van der Waals surface area contributed by atoms with Crippen LogP contribution in [0.3, 0.4) is 0 Å². The van der Waals surface area contributed by atoms with Crippen LogP contribution < -0.4 is 5.73 Å². The molecule has 0 aliphatic carbocycles. The molecule has 0 saturated carbocycles. The zero-order valence-electron chi connectivity index (χ0n) is 15.6. The Balaban J connectivity index is 1.94. The van der Waals surface area contributed by atoms with Gasteiger partial charge < -0.3 is 10.3 Å². The summed E-state index contributed by atoms with van der Waals surface area (Å²) in [4.78, 5) is 4.20. The van der Waals surface area contributed by atoms with Crippen molar-refractivity contribution in [2.24, 2.45) is 0 Å². The van der Waals surface area contributed by atoms with Crippen molar-refractivity contribution in [1.82, 2.24) is 13.9 Å². The summed E-state index contributed by atoms with van der Waals surface area (Å²) in [5.41, 5.74) is 10.6. The summed E-state index contributed by atoms with van der Waals surface area (Å²) in [5.74, 6) is 0. The van der Waals surface area contributed by atoms with Gasteiger partial charge in [-0.25, -0.2) is 8.51 Å². The molecule has 0 bridgehead atoms. The van der Waals surface area contributed by atoms with Gasteiger partial charge in [0.15, 0.2) is 0 Å². The Morgan fingerprint density at radius 3 is 2.82 bits per heavy atom. The van der Waals surface area contributed by atoms with Crippen LogP contribution in [0.4, 0.5) is 5.69 Å². The van der Waals surface area contributed by atoms with Crippen LogP contribution in [0.5, 0.6) is 0 Å². The van der Waals surface area contributed by atoms with E-state index in [-0.39, 0.29) is 6.04 Å². The van der Waals surface area contributed by atoms with E-state index in [1.165, 1.54) is 6.20 Å². The number of nitriles is 1. The molecule has 2 atom stereocenters. The van der Waals surface area contributed by atoms with Gasteiger partial charge >= 0.3 is 0 Å². The standard InChI is InChI=1S/C20H20ClN5OS/c1-12-5-19-15(6-13(12)7-22)17(16-8-24-9-18(23)20(16)21)11-26(19)14-3-4-25(10-14)28(2)27/h5-6,8-9,11,14H,3-4,10,23H2,1-2H3. The number of nitrogen functional groups attached to an aromatic ring is 1. The third-order valence-electron chi connectivity index (χ3n) is 5.38. The monoisotopic (exact) mass is 413 g/mol. The van der Waals surface area contributed by atoms with Crippen molar-refractivity contribution >= 4 is 39.2 Å². The number of fused-ring (bicyclic) bond motifs is 1. The van der Waals surface area contributed by atoms with Crippen LogP contribution in [0.15, 0.2) is 30.7 Å². The molecule has 8 heteroatoms. The number of benzene rings is 1. The number of nitrogens with zero attached hydrogens (tertiary/aromatic N) is 4. The molecule has 1 aliphatic rings. The molecule has 1 aromatic carbocycles. The highest BCUT2D eigenvalue weighted by Crippen LogP contribution is 2.40. The van der Waals surface area contributed by atoms with E-state index in [1.54, 1.807) is 12.5 Å². The highest BCUT2D eigenvalue weighted by atomic mass is 35.5. The first-order valence-electron chi connectivity index (χ1n) is 8.93. The van der Waals surface area contributed by atoms with Crippen molar-refractivity contribution in [3.63, 3.8) is 0 Å². The van der Waals surface area contributed by atoms with E-state index in [4.69, 9.17) is 17.3 Å². The Kier molecular flexibility index (Phi) is 4.88. The first-order valence-corrected chi connectivity index (χ1v) is 10.8. The second-order valence-corrected chi connectivity index (χ2v) is 8.83. The Labute approximate surface area is 171 Å². The number of rotatable bonds is 3. The van der Waals surface area contributed by atoms with Gasteiger partial charge in [0.25, 0.3) is 0 Å². The fraction of sp³-hybridized carbons (Fsp3) is 0.300. The lowest BCUT2D eigenvalue weighted by molar-refractivity contribution is 0.495. The van der Waals surface area contributed by atoms with Crippen LogP contribution in [0.25, 0.3) is 22.0 Å². The van der Waals surface area contributed by atoms with Gasteiger partial charge in [0, 0.05) is 59.8 Å². The zero-order chi connectivity index (χ0) is 20.0. The summed E-state index contributed by atoms with van der Waals surface area (Å²) in [5, 5.41) is 10.9. The number of pyridine rings is 1. The quantitative estimate of drug-likeness (QED) is 0.709. The zero-order valence-corrected chi connectivity index (χ0v) is 17.2. The first-order chi connectivity index (χ1) is 13.4. The lowest BCUT2D eigenvalue weighted by atomic mass is 10.0. The van der Waals surface area contributed by atoms with E-state index in [9.17, 15) is 9.47 Å². The molecule has 0 spiro atoms. The summed E-state index contributed by atoms with van der Waals surface area (Å²) in [6.45, 7) is 3.44. The van der Waals surface area contributed by atoms with Crippen molar-refractivity contribution < 1.29 is 4.21 Å². The number of hydrogen-bond acceptors (Lipinski definition) is 4. The van der Waals surface area contributed by atoms with Crippen molar-refractivity contribution in [2.75, 3.05) is 25.1 Å². The van der Waals surface area contributed by atoms with Crippen LogP contribution in [-0.4, -0.2) is 37.4 Å². The number of aromatic nitrogens is 2. The van der Waals surface area contributed by atoms with Gasteiger partial charge in [-0.15, -0.1) is 0 Å². The molecular weight excluding hydrogens is 394 g/mol. The summed E-state index contributed by atoms with van der Waals surface area (Å²) in [7, 11) is -0.985. The second kappa shape index (κ2) is 7.21. The highest BCUT2D eigenvalue weighted by Gasteiger charge is 2.28. The summed E-state index contributed by atoms with van der Waals surface area (Å²) in [6, 6.07) is 6.40. The molecule has 1 saturated heterocycles. The maximum Gasteiger partial charge on any atom is 0.0994 e. The topological polar surface area (TPSA) is 87.9 Å². The van der Waals surface area contributed by atoms with Gasteiger partial charge in [0.1, 0.15) is 0 Å². The van der Waals surface area contributed by atoms with Gasteiger partial charge in [-0.3, -0.25) is 4.98 Å². The molecule has 2 aromatic heterocycles. The summed E-state index contributed by atoms with van der Waals surface area (Å²) >= 11 is 6.48.